The highest BCUT2D eigenvalue weighted by molar-refractivity contribution is 6.20. The molecule has 0 aliphatic carbocycles. The fourth-order valence-electron chi connectivity index (χ4n) is 2.49. The molecule has 0 aliphatic rings. The summed E-state index contributed by atoms with van der Waals surface area (Å²) in [6.45, 7) is 4.48. The molecular formula is C14H18ClF2N3. The molecule has 1 heterocycles. The van der Waals surface area contributed by atoms with Crippen molar-refractivity contribution in [3.8, 4) is 0 Å². The molecule has 0 spiro atoms. The highest BCUT2D eigenvalue weighted by atomic mass is 35.5. The van der Waals surface area contributed by atoms with E-state index in [1.807, 2.05) is 30.5 Å². The van der Waals surface area contributed by atoms with Crippen molar-refractivity contribution in [1.29, 1.82) is 0 Å². The van der Waals surface area contributed by atoms with Gasteiger partial charge in [0.05, 0.1) is 10.9 Å². The summed E-state index contributed by atoms with van der Waals surface area (Å²) in [7, 11) is 3.89. The van der Waals surface area contributed by atoms with Gasteiger partial charge in [-0.05, 0) is 34.0 Å². The van der Waals surface area contributed by atoms with Gasteiger partial charge in [0.2, 0.25) is 0 Å². The van der Waals surface area contributed by atoms with Crippen molar-refractivity contribution < 1.29 is 8.78 Å². The van der Waals surface area contributed by atoms with Crippen molar-refractivity contribution in [2.24, 2.45) is 0 Å². The smallest absolute Gasteiger partial charge is 0.153 e. The minimum absolute atomic E-state index is 0.00685. The number of likely N-dealkylation sites (N-methyl/N-ethyl adjacent to an activating group) is 1. The van der Waals surface area contributed by atoms with Crippen LogP contribution in [0, 0.1) is 11.6 Å². The van der Waals surface area contributed by atoms with Crippen LogP contribution in [0.25, 0.3) is 11.0 Å². The van der Waals surface area contributed by atoms with E-state index in [-0.39, 0.29) is 16.9 Å². The Hall–Kier alpha value is -1.20. The second-order valence-corrected chi connectivity index (χ2v) is 5.98. The third kappa shape index (κ3) is 2.79. The quantitative estimate of drug-likeness (QED) is 0.802. The Morgan fingerprint density at radius 2 is 1.95 bits per heavy atom. The minimum atomic E-state index is -0.658. The number of imidazole rings is 1. The van der Waals surface area contributed by atoms with Gasteiger partial charge in [0.1, 0.15) is 17.2 Å². The largest absolute Gasteiger partial charge is 0.322 e. The van der Waals surface area contributed by atoms with Crippen LogP contribution >= 0.6 is 11.6 Å². The van der Waals surface area contributed by atoms with Crippen molar-refractivity contribution in [3.05, 3.63) is 29.6 Å². The van der Waals surface area contributed by atoms with Crippen LogP contribution in [0.3, 0.4) is 0 Å². The van der Waals surface area contributed by atoms with Gasteiger partial charge in [0, 0.05) is 18.7 Å². The molecule has 0 aliphatic heterocycles. The van der Waals surface area contributed by atoms with Crippen LogP contribution in [0.2, 0.25) is 0 Å². The third-order valence-corrected chi connectivity index (χ3v) is 3.36. The summed E-state index contributed by atoms with van der Waals surface area (Å²) in [4.78, 5) is 6.26. The first-order valence-electron chi connectivity index (χ1n) is 6.47. The number of aromatic nitrogens is 2. The lowest BCUT2D eigenvalue weighted by Crippen LogP contribution is -2.23. The second-order valence-electron chi connectivity index (χ2n) is 5.32. The number of benzene rings is 1. The van der Waals surface area contributed by atoms with Crippen molar-refractivity contribution in [1.82, 2.24) is 14.5 Å². The van der Waals surface area contributed by atoms with Crippen molar-refractivity contribution >= 4 is 22.6 Å². The van der Waals surface area contributed by atoms with Crippen LogP contribution in [0.4, 0.5) is 8.78 Å². The predicted octanol–water partition coefficient (Wildman–Crippen LogP) is 3.74. The lowest BCUT2D eigenvalue weighted by molar-refractivity contribution is 0.336. The Kier molecular flexibility index (Phi) is 4.30. The molecule has 0 fully saturated rings. The predicted molar refractivity (Wildman–Crippen MR) is 77.2 cm³/mol. The molecule has 110 valence electrons. The summed E-state index contributed by atoms with van der Waals surface area (Å²) >= 11 is 6.14. The van der Waals surface area contributed by atoms with Crippen molar-refractivity contribution in [2.45, 2.75) is 25.3 Å². The zero-order chi connectivity index (χ0) is 15.0. The molecule has 1 aromatic carbocycles. The average Bonchev–Trinajstić information content (AvgIpc) is 2.67. The molecule has 0 amide bonds. The molecule has 2 atom stereocenters. The number of fused-ring (bicyclic) bond motifs is 1. The van der Waals surface area contributed by atoms with Gasteiger partial charge in [-0.15, -0.1) is 11.6 Å². The molecule has 0 radical (unpaired) electrons. The Balaban J connectivity index is 2.68. The van der Waals surface area contributed by atoms with Crippen LogP contribution in [-0.2, 0) is 0 Å². The van der Waals surface area contributed by atoms with E-state index in [9.17, 15) is 8.78 Å². The molecule has 0 bridgehead atoms. The van der Waals surface area contributed by atoms with Gasteiger partial charge in [0.25, 0.3) is 0 Å². The van der Waals surface area contributed by atoms with E-state index in [1.54, 1.807) is 6.92 Å². The van der Waals surface area contributed by atoms with Crippen LogP contribution in [0.1, 0.15) is 31.1 Å². The monoisotopic (exact) mass is 301 g/mol. The number of halogens is 3. The highest BCUT2D eigenvalue weighted by Crippen LogP contribution is 2.30. The van der Waals surface area contributed by atoms with E-state index in [4.69, 9.17) is 11.6 Å². The zero-order valence-corrected chi connectivity index (χ0v) is 12.7. The van der Waals surface area contributed by atoms with Gasteiger partial charge in [-0.2, -0.15) is 0 Å². The van der Waals surface area contributed by atoms with Gasteiger partial charge in [-0.3, -0.25) is 0 Å². The summed E-state index contributed by atoms with van der Waals surface area (Å²) in [6, 6.07) is 2.16. The van der Waals surface area contributed by atoms with Crippen molar-refractivity contribution in [2.75, 3.05) is 20.6 Å². The maximum atomic E-state index is 13.9. The highest BCUT2D eigenvalue weighted by Gasteiger charge is 2.22. The Morgan fingerprint density at radius 3 is 2.50 bits per heavy atom. The first-order chi connectivity index (χ1) is 9.31. The maximum absolute atomic E-state index is 13.9. The van der Waals surface area contributed by atoms with Crippen LogP contribution < -0.4 is 0 Å². The van der Waals surface area contributed by atoms with Crippen molar-refractivity contribution in [3.63, 3.8) is 0 Å². The molecular weight excluding hydrogens is 284 g/mol. The Morgan fingerprint density at radius 1 is 1.30 bits per heavy atom. The van der Waals surface area contributed by atoms with Gasteiger partial charge in [0.15, 0.2) is 5.82 Å². The first-order valence-corrected chi connectivity index (χ1v) is 6.90. The number of alkyl halides is 1. The molecule has 2 rings (SSSR count). The topological polar surface area (TPSA) is 21.1 Å². The number of hydrogen-bond donors (Lipinski definition) is 0. The summed E-state index contributed by atoms with van der Waals surface area (Å²) < 4.78 is 29.2. The summed E-state index contributed by atoms with van der Waals surface area (Å²) in [5.74, 6) is -0.711. The SMILES string of the molecule is CC(Cl)c1nc2c(F)cc(F)cc2n1C(C)CN(C)C. The molecule has 3 nitrogen and oxygen atoms in total. The van der Waals surface area contributed by atoms with Gasteiger partial charge in [-0.25, -0.2) is 13.8 Å². The normalized spacial score (nSPS) is 15.0. The van der Waals surface area contributed by atoms with Gasteiger partial charge in [-0.1, -0.05) is 0 Å². The van der Waals surface area contributed by atoms with E-state index in [0.29, 0.717) is 11.3 Å². The zero-order valence-electron chi connectivity index (χ0n) is 12.0. The van der Waals surface area contributed by atoms with Gasteiger partial charge < -0.3 is 9.47 Å². The molecule has 6 heteroatoms. The molecule has 0 saturated heterocycles. The fourth-order valence-corrected chi connectivity index (χ4v) is 2.65. The molecule has 0 N–H and O–H groups in total. The Labute approximate surface area is 122 Å². The number of nitrogens with zero attached hydrogens (tertiary/aromatic N) is 3. The number of rotatable bonds is 4. The fraction of sp³-hybridized carbons (Fsp3) is 0.500. The summed E-state index contributed by atoms with van der Waals surface area (Å²) in [5.41, 5.74) is 0.610. The molecule has 20 heavy (non-hydrogen) atoms. The summed E-state index contributed by atoms with van der Waals surface area (Å²) in [6.07, 6.45) is 0. The van der Waals surface area contributed by atoms with E-state index < -0.39 is 11.6 Å². The van der Waals surface area contributed by atoms with E-state index in [2.05, 4.69) is 4.98 Å². The second kappa shape index (κ2) is 5.66. The molecule has 2 unspecified atom stereocenters. The third-order valence-electron chi connectivity index (χ3n) is 3.17. The molecule has 1 aromatic heterocycles. The van der Waals surface area contributed by atoms with Crippen LogP contribution in [0.15, 0.2) is 12.1 Å². The minimum Gasteiger partial charge on any atom is -0.322 e. The maximum Gasteiger partial charge on any atom is 0.153 e. The van der Waals surface area contributed by atoms with Crippen LogP contribution in [-0.4, -0.2) is 35.1 Å². The average molecular weight is 302 g/mol. The van der Waals surface area contributed by atoms with E-state index in [0.717, 1.165) is 12.6 Å². The standard InChI is InChI=1S/C14H18ClF2N3/c1-8(7-19(3)4)20-12-6-10(16)5-11(17)13(12)18-14(20)9(2)15/h5-6,8-9H,7H2,1-4H3. The van der Waals surface area contributed by atoms with Crippen LogP contribution in [0.5, 0.6) is 0 Å². The van der Waals surface area contributed by atoms with E-state index >= 15 is 0 Å². The summed E-state index contributed by atoms with van der Waals surface area (Å²) in [5, 5.41) is -0.380. The van der Waals surface area contributed by atoms with E-state index in [1.165, 1.54) is 6.07 Å². The Bertz CT molecular complexity index is 622. The lowest BCUT2D eigenvalue weighted by Gasteiger charge is -2.22. The van der Waals surface area contributed by atoms with Gasteiger partial charge >= 0.3 is 0 Å². The lowest BCUT2D eigenvalue weighted by atomic mass is 10.2. The molecule has 0 saturated carbocycles. The number of hydrogen-bond acceptors (Lipinski definition) is 2. The first kappa shape index (κ1) is 15.2. The molecule has 2 aromatic rings.